The van der Waals surface area contributed by atoms with Crippen molar-refractivity contribution in [3.8, 4) is 0 Å². The quantitative estimate of drug-likeness (QED) is 0.894. The lowest BCUT2D eigenvalue weighted by Gasteiger charge is -2.29. The highest BCUT2D eigenvalue weighted by Crippen LogP contribution is 2.29. The normalized spacial score (nSPS) is 13.1. The molecule has 0 aliphatic carbocycles. The molecule has 1 aromatic carbocycles. The number of benzene rings is 1. The van der Waals surface area contributed by atoms with Crippen molar-refractivity contribution in [2.75, 3.05) is 20.1 Å². The van der Waals surface area contributed by atoms with Crippen LogP contribution in [0.1, 0.15) is 25.0 Å². The summed E-state index contributed by atoms with van der Waals surface area (Å²) in [4.78, 5) is 2.06. The molecule has 19 heavy (non-hydrogen) atoms. The summed E-state index contributed by atoms with van der Waals surface area (Å²) in [6.07, 6.45) is -4.27. The van der Waals surface area contributed by atoms with Crippen molar-refractivity contribution >= 4 is 0 Å². The van der Waals surface area contributed by atoms with E-state index in [2.05, 4.69) is 18.7 Å². The molecule has 0 aliphatic heterocycles. The fraction of sp³-hybridized carbons (Fsp3) is 0.571. The smallest absolute Gasteiger partial charge is 0.330 e. The first-order chi connectivity index (χ1) is 8.64. The van der Waals surface area contributed by atoms with Gasteiger partial charge >= 0.3 is 6.18 Å². The van der Waals surface area contributed by atoms with Crippen molar-refractivity contribution in [1.82, 2.24) is 4.90 Å². The van der Waals surface area contributed by atoms with Gasteiger partial charge in [-0.1, -0.05) is 26.0 Å². The predicted molar refractivity (Wildman–Crippen MR) is 70.6 cm³/mol. The Labute approximate surface area is 112 Å². The molecule has 0 aromatic heterocycles. The summed E-state index contributed by atoms with van der Waals surface area (Å²) in [7, 11) is 1.94. The van der Waals surface area contributed by atoms with E-state index in [-0.39, 0.29) is 5.41 Å². The minimum Gasteiger partial charge on any atom is -0.330 e. The van der Waals surface area contributed by atoms with Crippen LogP contribution in [-0.2, 0) is 12.7 Å². The Hall–Kier alpha value is -1.07. The summed E-state index contributed by atoms with van der Waals surface area (Å²) < 4.78 is 37.3. The van der Waals surface area contributed by atoms with E-state index in [1.54, 1.807) is 0 Å². The van der Waals surface area contributed by atoms with Crippen LogP contribution in [0.5, 0.6) is 0 Å². The Morgan fingerprint density at radius 3 is 2.05 bits per heavy atom. The van der Waals surface area contributed by atoms with E-state index in [4.69, 9.17) is 5.73 Å². The number of hydrogen-bond donors (Lipinski definition) is 1. The maximum Gasteiger partial charge on any atom is 0.416 e. The number of rotatable bonds is 5. The summed E-state index contributed by atoms with van der Waals surface area (Å²) in [5.41, 5.74) is 5.92. The van der Waals surface area contributed by atoms with Crippen LogP contribution in [0.2, 0.25) is 0 Å². The highest BCUT2D eigenvalue weighted by Gasteiger charge is 2.30. The third kappa shape index (κ3) is 5.20. The SMILES string of the molecule is CN(Cc1ccc(C(F)(F)F)cc1)CC(C)(C)CN. The van der Waals surface area contributed by atoms with Gasteiger partial charge in [-0.25, -0.2) is 0 Å². The van der Waals surface area contributed by atoms with Gasteiger partial charge in [-0.15, -0.1) is 0 Å². The van der Waals surface area contributed by atoms with Crippen LogP contribution in [0.4, 0.5) is 13.2 Å². The standard InChI is InChI=1S/C14H21F3N2/c1-13(2,9-18)10-19(3)8-11-4-6-12(7-5-11)14(15,16)17/h4-7H,8-10,18H2,1-3H3. The molecule has 1 rings (SSSR count). The number of nitrogens with zero attached hydrogens (tertiary/aromatic N) is 1. The fourth-order valence-electron chi connectivity index (χ4n) is 1.96. The van der Waals surface area contributed by atoms with Gasteiger partial charge in [-0.2, -0.15) is 13.2 Å². The highest BCUT2D eigenvalue weighted by molar-refractivity contribution is 5.24. The third-order valence-corrected chi connectivity index (χ3v) is 2.98. The average Bonchev–Trinajstić information content (AvgIpc) is 2.27. The van der Waals surface area contributed by atoms with Gasteiger partial charge in [0.15, 0.2) is 0 Å². The lowest BCUT2D eigenvalue weighted by atomic mass is 9.93. The maximum absolute atomic E-state index is 12.4. The second kappa shape index (κ2) is 5.92. The zero-order chi connectivity index (χ0) is 14.7. The van der Waals surface area contributed by atoms with Crippen LogP contribution in [0, 0.1) is 5.41 Å². The molecule has 0 spiro atoms. The largest absolute Gasteiger partial charge is 0.416 e. The van der Waals surface area contributed by atoms with Crippen LogP contribution < -0.4 is 5.73 Å². The highest BCUT2D eigenvalue weighted by atomic mass is 19.4. The number of hydrogen-bond acceptors (Lipinski definition) is 2. The number of alkyl halides is 3. The monoisotopic (exact) mass is 274 g/mol. The van der Waals surface area contributed by atoms with Gasteiger partial charge < -0.3 is 10.6 Å². The first-order valence-electron chi connectivity index (χ1n) is 6.19. The van der Waals surface area contributed by atoms with Crippen LogP contribution in [0.3, 0.4) is 0 Å². The molecule has 0 unspecified atom stereocenters. The lowest BCUT2D eigenvalue weighted by Crippen LogP contribution is -2.36. The molecule has 0 amide bonds. The average molecular weight is 274 g/mol. The van der Waals surface area contributed by atoms with Gasteiger partial charge in [0.25, 0.3) is 0 Å². The molecule has 108 valence electrons. The van der Waals surface area contributed by atoms with Gasteiger partial charge in [0.05, 0.1) is 5.56 Å². The number of nitrogens with two attached hydrogens (primary N) is 1. The Kier molecular flexibility index (Phi) is 4.98. The first-order valence-corrected chi connectivity index (χ1v) is 6.19. The Balaban J connectivity index is 2.63. The van der Waals surface area contributed by atoms with E-state index < -0.39 is 11.7 Å². The lowest BCUT2D eigenvalue weighted by molar-refractivity contribution is -0.137. The molecule has 0 saturated carbocycles. The van der Waals surface area contributed by atoms with Crippen molar-refractivity contribution in [3.05, 3.63) is 35.4 Å². The van der Waals surface area contributed by atoms with Crippen molar-refractivity contribution in [2.45, 2.75) is 26.6 Å². The Morgan fingerprint density at radius 1 is 1.11 bits per heavy atom. The van der Waals surface area contributed by atoms with Gasteiger partial charge in [-0.3, -0.25) is 0 Å². The topological polar surface area (TPSA) is 29.3 Å². The summed E-state index contributed by atoms with van der Waals surface area (Å²) in [5, 5.41) is 0. The molecular formula is C14H21F3N2. The van der Waals surface area contributed by atoms with Crippen LogP contribution in [0.15, 0.2) is 24.3 Å². The minimum atomic E-state index is -4.27. The molecule has 0 fully saturated rings. The Bertz CT molecular complexity index is 396. The fourth-order valence-corrected chi connectivity index (χ4v) is 1.96. The van der Waals surface area contributed by atoms with Crippen LogP contribution >= 0.6 is 0 Å². The zero-order valence-electron chi connectivity index (χ0n) is 11.6. The van der Waals surface area contributed by atoms with Crippen LogP contribution in [0.25, 0.3) is 0 Å². The summed E-state index contributed by atoms with van der Waals surface area (Å²) in [5.74, 6) is 0. The molecule has 2 nitrogen and oxygen atoms in total. The summed E-state index contributed by atoms with van der Waals surface area (Å²) in [6, 6.07) is 5.29. The molecule has 0 saturated heterocycles. The minimum absolute atomic E-state index is 0.000655. The zero-order valence-corrected chi connectivity index (χ0v) is 11.6. The van der Waals surface area contributed by atoms with Crippen molar-refractivity contribution in [3.63, 3.8) is 0 Å². The summed E-state index contributed by atoms with van der Waals surface area (Å²) >= 11 is 0. The molecule has 0 radical (unpaired) electrons. The molecule has 5 heteroatoms. The second-order valence-electron chi connectivity index (χ2n) is 5.74. The van der Waals surface area contributed by atoms with E-state index >= 15 is 0 Å². The summed E-state index contributed by atoms with van der Waals surface area (Å²) in [6.45, 7) is 6.11. The van der Waals surface area contributed by atoms with E-state index in [0.29, 0.717) is 13.1 Å². The van der Waals surface area contributed by atoms with Gasteiger partial charge in [0, 0.05) is 13.1 Å². The van der Waals surface area contributed by atoms with Crippen molar-refractivity contribution < 1.29 is 13.2 Å². The molecule has 0 aliphatic rings. The molecule has 0 bridgehead atoms. The molecule has 2 N–H and O–H groups in total. The molecule has 0 atom stereocenters. The number of halogens is 3. The maximum atomic E-state index is 12.4. The first kappa shape index (κ1) is 16.0. The van der Waals surface area contributed by atoms with Gasteiger partial charge in [0.2, 0.25) is 0 Å². The predicted octanol–water partition coefficient (Wildman–Crippen LogP) is 3.12. The third-order valence-electron chi connectivity index (χ3n) is 2.98. The van der Waals surface area contributed by atoms with E-state index in [9.17, 15) is 13.2 Å². The molecular weight excluding hydrogens is 253 g/mol. The van der Waals surface area contributed by atoms with Crippen LogP contribution in [-0.4, -0.2) is 25.0 Å². The van der Waals surface area contributed by atoms with Gasteiger partial charge in [0.1, 0.15) is 0 Å². The van der Waals surface area contributed by atoms with Gasteiger partial charge in [-0.05, 0) is 36.7 Å². The molecule has 1 aromatic rings. The van der Waals surface area contributed by atoms with E-state index in [1.807, 2.05) is 7.05 Å². The Morgan fingerprint density at radius 2 is 1.63 bits per heavy atom. The molecule has 0 heterocycles. The van der Waals surface area contributed by atoms with E-state index in [1.165, 1.54) is 12.1 Å². The second-order valence-corrected chi connectivity index (χ2v) is 5.74. The van der Waals surface area contributed by atoms with E-state index in [0.717, 1.165) is 24.2 Å². The van der Waals surface area contributed by atoms with Crippen molar-refractivity contribution in [1.29, 1.82) is 0 Å². The van der Waals surface area contributed by atoms with Crippen molar-refractivity contribution in [2.24, 2.45) is 11.1 Å².